The van der Waals surface area contributed by atoms with Gasteiger partial charge in [-0.15, -0.1) is 0 Å². The predicted octanol–water partition coefficient (Wildman–Crippen LogP) is 0.370. The Morgan fingerprint density at radius 3 is 2.41 bits per heavy atom. The predicted molar refractivity (Wildman–Crippen MR) is 66.0 cm³/mol. The number of hydrogen-bond donors (Lipinski definition) is 2. The Kier molecular flexibility index (Phi) is 5.41. The Morgan fingerprint density at radius 1 is 1.35 bits per heavy atom. The molecule has 1 aliphatic carbocycles. The maximum absolute atomic E-state index is 12.1. The van der Waals surface area contributed by atoms with Gasteiger partial charge >= 0.3 is 0 Å². The summed E-state index contributed by atoms with van der Waals surface area (Å²) in [7, 11) is 0. The lowest BCUT2D eigenvalue weighted by Gasteiger charge is -2.30. The van der Waals surface area contributed by atoms with Crippen molar-refractivity contribution >= 4 is 11.8 Å². The molecule has 0 bridgehead atoms. The lowest BCUT2D eigenvalue weighted by molar-refractivity contribution is -0.138. The number of amides is 2. The molecule has 0 saturated heterocycles. The lowest BCUT2D eigenvalue weighted by atomic mass is 10.1. The molecular formula is C12H23N3O2. The largest absolute Gasteiger partial charge is 0.368 e. The molecule has 1 saturated carbocycles. The zero-order chi connectivity index (χ0) is 12.8. The summed E-state index contributed by atoms with van der Waals surface area (Å²) in [5.74, 6) is -0.591. The van der Waals surface area contributed by atoms with Crippen LogP contribution >= 0.6 is 0 Å². The van der Waals surface area contributed by atoms with Crippen molar-refractivity contribution in [2.24, 2.45) is 11.5 Å². The van der Waals surface area contributed by atoms with Gasteiger partial charge in [-0.05, 0) is 19.3 Å². The maximum atomic E-state index is 12.1. The van der Waals surface area contributed by atoms with Gasteiger partial charge in [0.05, 0.1) is 12.6 Å². The minimum Gasteiger partial charge on any atom is -0.368 e. The highest BCUT2D eigenvalue weighted by Gasteiger charge is 2.30. The molecule has 98 valence electrons. The minimum atomic E-state index is -0.500. The molecule has 4 N–H and O–H groups in total. The highest BCUT2D eigenvalue weighted by atomic mass is 16.2. The van der Waals surface area contributed by atoms with Gasteiger partial charge in [-0.1, -0.05) is 26.2 Å². The fourth-order valence-electron chi connectivity index (χ4n) is 2.42. The molecule has 0 aromatic rings. The number of nitrogens with zero attached hydrogens (tertiary/aromatic N) is 1. The number of nitrogens with two attached hydrogens (primary N) is 2. The Balaban J connectivity index is 2.67. The summed E-state index contributed by atoms with van der Waals surface area (Å²) in [5, 5.41) is 0. The summed E-state index contributed by atoms with van der Waals surface area (Å²) in [5.41, 5.74) is 11.0. The van der Waals surface area contributed by atoms with Crippen LogP contribution < -0.4 is 11.5 Å². The van der Waals surface area contributed by atoms with Crippen LogP contribution in [-0.4, -0.2) is 35.3 Å². The van der Waals surface area contributed by atoms with Crippen molar-refractivity contribution in [2.45, 2.75) is 57.5 Å². The Morgan fingerprint density at radius 2 is 1.94 bits per heavy atom. The van der Waals surface area contributed by atoms with Crippen molar-refractivity contribution in [1.29, 1.82) is 0 Å². The van der Waals surface area contributed by atoms with Crippen molar-refractivity contribution in [1.82, 2.24) is 4.90 Å². The molecule has 1 unspecified atom stereocenters. The molecule has 1 rings (SSSR count). The second kappa shape index (κ2) is 6.59. The fourth-order valence-corrected chi connectivity index (χ4v) is 2.42. The number of rotatable bonds is 6. The molecule has 17 heavy (non-hydrogen) atoms. The van der Waals surface area contributed by atoms with Gasteiger partial charge in [-0.25, -0.2) is 0 Å². The second-order valence-corrected chi connectivity index (χ2v) is 4.77. The molecule has 5 nitrogen and oxygen atoms in total. The molecule has 0 aliphatic heterocycles. The highest BCUT2D eigenvalue weighted by molar-refractivity contribution is 5.87. The standard InChI is InChI=1S/C12H23N3O2/c1-2-5-10(13)12(17)15(8-11(14)16)9-6-3-4-7-9/h9-10H,2-8,13H2,1H3,(H2,14,16). The zero-order valence-corrected chi connectivity index (χ0v) is 10.5. The van der Waals surface area contributed by atoms with Crippen LogP contribution in [0.15, 0.2) is 0 Å². The normalized spacial score (nSPS) is 18.0. The van der Waals surface area contributed by atoms with Crippen LogP contribution in [0.5, 0.6) is 0 Å². The molecule has 0 aromatic heterocycles. The summed E-state index contributed by atoms with van der Waals surface area (Å²) in [6.07, 6.45) is 5.64. The topological polar surface area (TPSA) is 89.4 Å². The highest BCUT2D eigenvalue weighted by Crippen LogP contribution is 2.24. The van der Waals surface area contributed by atoms with Crippen molar-refractivity contribution in [3.8, 4) is 0 Å². The monoisotopic (exact) mass is 241 g/mol. The molecule has 1 aliphatic rings. The molecule has 0 aromatic carbocycles. The van der Waals surface area contributed by atoms with E-state index in [4.69, 9.17) is 11.5 Å². The summed E-state index contributed by atoms with van der Waals surface area (Å²) in [4.78, 5) is 24.8. The van der Waals surface area contributed by atoms with Crippen LogP contribution in [0.25, 0.3) is 0 Å². The average molecular weight is 241 g/mol. The Labute approximate surface area is 103 Å². The SMILES string of the molecule is CCCC(N)C(=O)N(CC(N)=O)C1CCCC1. The second-order valence-electron chi connectivity index (χ2n) is 4.77. The van der Waals surface area contributed by atoms with Crippen LogP contribution in [0.4, 0.5) is 0 Å². The van der Waals surface area contributed by atoms with E-state index in [0.717, 1.165) is 32.1 Å². The molecule has 0 spiro atoms. The van der Waals surface area contributed by atoms with Crippen LogP contribution in [0.2, 0.25) is 0 Å². The van der Waals surface area contributed by atoms with Crippen molar-refractivity contribution in [3.63, 3.8) is 0 Å². The Bertz CT molecular complexity index is 275. The van der Waals surface area contributed by atoms with E-state index in [1.54, 1.807) is 4.90 Å². The number of carbonyl (C=O) groups is 2. The molecular weight excluding hydrogens is 218 g/mol. The number of primary amides is 1. The van der Waals surface area contributed by atoms with E-state index < -0.39 is 11.9 Å². The Hall–Kier alpha value is -1.10. The van der Waals surface area contributed by atoms with Crippen molar-refractivity contribution < 1.29 is 9.59 Å². The van der Waals surface area contributed by atoms with E-state index in [1.807, 2.05) is 6.92 Å². The molecule has 5 heteroatoms. The first kappa shape index (κ1) is 14.0. The van der Waals surface area contributed by atoms with Crippen LogP contribution in [0.3, 0.4) is 0 Å². The third-order valence-electron chi connectivity index (χ3n) is 3.29. The van der Waals surface area contributed by atoms with E-state index in [0.29, 0.717) is 6.42 Å². The van der Waals surface area contributed by atoms with Gasteiger partial charge in [-0.3, -0.25) is 9.59 Å². The van der Waals surface area contributed by atoms with Gasteiger partial charge in [0.25, 0.3) is 0 Å². The molecule has 2 amide bonds. The van der Waals surface area contributed by atoms with Gasteiger partial charge < -0.3 is 16.4 Å². The van der Waals surface area contributed by atoms with Crippen molar-refractivity contribution in [3.05, 3.63) is 0 Å². The quantitative estimate of drug-likeness (QED) is 0.704. The smallest absolute Gasteiger partial charge is 0.240 e. The van der Waals surface area contributed by atoms with E-state index in [9.17, 15) is 9.59 Å². The van der Waals surface area contributed by atoms with Crippen LogP contribution in [0.1, 0.15) is 45.4 Å². The van der Waals surface area contributed by atoms with Gasteiger partial charge in [0.1, 0.15) is 0 Å². The first-order chi connectivity index (χ1) is 8.06. The zero-order valence-electron chi connectivity index (χ0n) is 10.5. The van der Waals surface area contributed by atoms with Crippen LogP contribution in [-0.2, 0) is 9.59 Å². The third kappa shape index (κ3) is 4.00. The van der Waals surface area contributed by atoms with Gasteiger partial charge in [0.2, 0.25) is 11.8 Å². The van der Waals surface area contributed by atoms with Crippen LogP contribution in [0, 0.1) is 0 Å². The van der Waals surface area contributed by atoms with E-state index >= 15 is 0 Å². The first-order valence-electron chi connectivity index (χ1n) is 6.40. The number of hydrogen-bond acceptors (Lipinski definition) is 3. The third-order valence-corrected chi connectivity index (χ3v) is 3.29. The first-order valence-corrected chi connectivity index (χ1v) is 6.40. The maximum Gasteiger partial charge on any atom is 0.240 e. The summed E-state index contributed by atoms with van der Waals surface area (Å²) >= 11 is 0. The van der Waals surface area contributed by atoms with Gasteiger partial charge in [0.15, 0.2) is 0 Å². The van der Waals surface area contributed by atoms with E-state index in [-0.39, 0.29) is 18.5 Å². The van der Waals surface area contributed by atoms with Crippen molar-refractivity contribution in [2.75, 3.05) is 6.54 Å². The van der Waals surface area contributed by atoms with Gasteiger partial charge in [-0.2, -0.15) is 0 Å². The summed E-state index contributed by atoms with van der Waals surface area (Å²) < 4.78 is 0. The summed E-state index contributed by atoms with van der Waals surface area (Å²) in [6, 6.07) is -0.349. The molecule has 1 fully saturated rings. The molecule has 1 atom stereocenters. The van der Waals surface area contributed by atoms with Gasteiger partial charge in [0, 0.05) is 6.04 Å². The molecule has 0 heterocycles. The lowest BCUT2D eigenvalue weighted by Crippen LogP contribution is -2.50. The van der Waals surface area contributed by atoms with E-state index in [1.165, 1.54) is 0 Å². The summed E-state index contributed by atoms with van der Waals surface area (Å²) in [6.45, 7) is 1.99. The fraction of sp³-hybridized carbons (Fsp3) is 0.833. The van der Waals surface area contributed by atoms with E-state index in [2.05, 4.69) is 0 Å². The molecule has 0 radical (unpaired) electrons. The average Bonchev–Trinajstić information content (AvgIpc) is 2.78. The minimum absolute atomic E-state index is 0.000907. The number of carbonyl (C=O) groups excluding carboxylic acids is 2.